The first kappa shape index (κ1) is 16.5. The van der Waals surface area contributed by atoms with Gasteiger partial charge < -0.3 is 14.5 Å². The van der Waals surface area contributed by atoms with Gasteiger partial charge in [-0.05, 0) is 62.7 Å². The van der Waals surface area contributed by atoms with E-state index in [9.17, 15) is 4.79 Å². The Labute approximate surface area is 151 Å². The maximum atomic E-state index is 12.6. The van der Waals surface area contributed by atoms with Gasteiger partial charge in [0.05, 0.1) is 6.10 Å². The van der Waals surface area contributed by atoms with E-state index in [0.717, 1.165) is 31.4 Å². The summed E-state index contributed by atoms with van der Waals surface area (Å²) in [5, 5.41) is 9.77. The summed E-state index contributed by atoms with van der Waals surface area (Å²) in [6.07, 6.45) is 4.72. The van der Waals surface area contributed by atoms with Crippen molar-refractivity contribution in [2.24, 2.45) is 5.41 Å². The van der Waals surface area contributed by atoms with Crippen LogP contribution in [0.15, 0.2) is 28.7 Å². The van der Waals surface area contributed by atoms with Crippen LogP contribution in [-0.2, 0) is 4.74 Å². The summed E-state index contributed by atoms with van der Waals surface area (Å²) in [5.41, 5.74) is 1.57. The third-order valence-corrected chi connectivity index (χ3v) is 5.75. The molecule has 1 aromatic carbocycles. The summed E-state index contributed by atoms with van der Waals surface area (Å²) in [6, 6.07) is 7.40. The molecule has 0 bridgehead atoms. The topological polar surface area (TPSA) is 80.1 Å². The zero-order chi connectivity index (χ0) is 17.4. The van der Waals surface area contributed by atoms with Crippen molar-refractivity contribution in [1.29, 1.82) is 0 Å². The molecule has 4 rings (SSSR count). The second-order valence-corrected chi connectivity index (χ2v) is 7.16. The Morgan fingerprint density at radius 1 is 1.44 bits per heavy atom. The third kappa shape index (κ3) is 2.81. The van der Waals surface area contributed by atoms with E-state index in [1.807, 2.05) is 19.1 Å². The number of benzene rings is 1. The molecular formula is C18H21N3O3S. The monoisotopic (exact) mass is 359 g/mol. The number of rotatable bonds is 5. The molecule has 1 heterocycles. The zero-order valence-corrected chi connectivity index (χ0v) is 14.9. The lowest BCUT2D eigenvalue weighted by molar-refractivity contribution is -0.169. The minimum Gasteiger partial charge on any atom is -0.409 e. The second kappa shape index (κ2) is 6.38. The molecule has 6 nitrogen and oxygen atoms in total. The van der Waals surface area contributed by atoms with Gasteiger partial charge in [0.25, 0.3) is 10.7 Å². The number of carbonyl (C=O) groups excluding carboxylic acids is 1. The van der Waals surface area contributed by atoms with Crippen LogP contribution in [0.3, 0.4) is 0 Å². The molecule has 1 spiro atoms. The van der Waals surface area contributed by atoms with Crippen molar-refractivity contribution < 1.29 is 13.9 Å². The van der Waals surface area contributed by atoms with Gasteiger partial charge in [-0.3, -0.25) is 4.79 Å². The van der Waals surface area contributed by atoms with E-state index in [1.165, 1.54) is 6.42 Å². The molecule has 1 amide bonds. The Bertz CT molecular complexity index is 823. The summed E-state index contributed by atoms with van der Waals surface area (Å²) in [4.78, 5) is 12.8. The summed E-state index contributed by atoms with van der Waals surface area (Å²) < 4.78 is 11.1. The first-order valence-electron chi connectivity index (χ1n) is 8.71. The Morgan fingerprint density at radius 3 is 2.76 bits per heavy atom. The lowest BCUT2D eigenvalue weighted by Crippen LogP contribution is -2.67. The summed E-state index contributed by atoms with van der Waals surface area (Å²) >= 11 is 4.87. The first-order chi connectivity index (χ1) is 12.1. The van der Waals surface area contributed by atoms with Gasteiger partial charge in [0.2, 0.25) is 5.89 Å². The maximum absolute atomic E-state index is 12.6. The molecule has 0 radical (unpaired) electrons. The van der Waals surface area contributed by atoms with Crippen LogP contribution in [-0.4, -0.2) is 34.9 Å². The average Bonchev–Trinajstić information content (AvgIpc) is 2.99. The van der Waals surface area contributed by atoms with Crippen LogP contribution in [0.2, 0.25) is 0 Å². The van der Waals surface area contributed by atoms with Crippen molar-refractivity contribution in [3.8, 4) is 11.5 Å². The Balaban J connectivity index is 1.42. The van der Waals surface area contributed by atoms with Crippen molar-refractivity contribution in [1.82, 2.24) is 15.5 Å². The van der Waals surface area contributed by atoms with E-state index in [0.29, 0.717) is 17.6 Å². The molecule has 0 saturated heterocycles. The van der Waals surface area contributed by atoms with Crippen LogP contribution < -0.4 is 5.32 Å². The lowest BCUT2D eigenvalue weighted by atomic mass is 9.51. The lowest BCUT2D eigenvalue weighted by Gasteiger charge is -2.61. The third-order valence-electron chi connectivity index (χ3n) is 5.57. The summed E-state index contributed by atoms with van der Waals surface area (Å²) in [6.45, 7) is 2.76. The van der Waals surface area contributed by atoms with Crippen molar-refractivity contribution in [2.45, 2.75) is 44.8 Å². The molecule has 132 valence electrons. The molecule has 2 fully saturated rings. The van der Waals surface area contributed by atoms with Crippen molar-refractivity contribution in [3.63, 3.8) is 0 Å². The largest absolute Gasteiger partial charge is 0.409 e. The minimum atomic E-state index is -0.0410. The fourth-order valence-electron chi connectivity index (χ4n) is 4.00. The van der Waals surface area contributed by atoms with Crippen LogP contribution in [0.25, 0.3) is 11.5 Å². The predicted molar refractivity (Wildman–Crippen MR) is 94.7 cm³/mol. The van der Waals surface area contributed by atoms with Gasteiger partial charge in [-0.15, -0.1) is 5.10 Å². The summed E-state index contributed by atoms with van der Waals surface area (Å²) in [7, 11) is 0. The number of H-pyrrole nitrogens is 1. The number of ether oxygens (including phenoxy) is 1. The van der Waals surface area contributed by atoms with Gasteiger partial charge in [0.15, 0.2) is 0 Å². The van der Waals surface area contributed by atoms with Crippen LogP contribution in [0.4, 0.5) is 0 Å². The van der Waals surface area contributed by atoms with E-state index < -0.39 is 0 Å². The van der Waals surface area contributed by atoms with Crippen LogP contribution in [0.5, 0.6) is 0 Å². The minimum absolute atomic E-state index is 0.0410. The molecule has 0 aliphatic heterocycles. The molecule has 7 heteroatoms. The van der Waals surface area contributed by atoms with Crippen LogP contribution >= 0.6 is 12.2 Å². The number of hydrogen-bond acceptors (Lipinski definition) is 5. The molecule has 1 aromatic heterocycles. The number of nitrogens with one attached hydrogen (secondary N) is 2. The van der Waals surface area contributed by atoms with E-state index in [4.69, 9.17) is 21.4 Å². The SMILES string of the molecule is CCO[C@H]1C[C@H](NC(=O)c2ccc(-c3n[nH]c(=S)o3)cc2)C12CCC2. The highest BCUT2D eigenvalue weighted by Gasteiger charge is 2.59. The van der Waals surface area contributed by atoms with Gasteiger partial charge >= 0.3 is 0 Å². The number of aromatic amines is 1. The highest BCUT2D eigenvalue weighted by molar-refractivity contribution is 7.71. The number of amides is 1. The number of hydrogen-bond donors (Lipinski definition) is 2. The van der Waals surface area contributed by atoms with Crippen LogP contribution in [0, 0.1) is 10.3 Å². The number of nitrogens with zero attached hydrogens (tertiary/aromatic N) is 1. The van der Waals surface area contributed by atoms with Gasteiger partial charge in [0.1, 0.15) is 0 Å². The van der Waals surface area contributed by atoms with Gasteiger partial charge in [-0.2, -0.15) is 0 Å². The average molecular weight is 359 g/mol. The molecule has 2 aliphatic rings. The van der Waals surface area contributed by atoms with E-state index in [-0.39, 0.29) is 22.2 Å². The molecule has 25 heavy (non-hydrogen) atoms. The highest BCUT2D eigenvalue weighted by atomic mass is 32.1. The fraction of sp³-hybridized carbons (Fsp3) is 0.500. The standard InChI is InChI=1S/C18H21N3O3S/c1-2-23-14-10-13(18(14)8-3-9-18)19-15(22)11-4-6-12(7-5-11)16-20-21-17(25)24-16/h4-7,13-14H,2-3,8-10H2,1H3,(H,19,22)(H,21,25)/t13-,14-/m0/s1. The van der Waals surface area contributed by atoms with Crippen molar-refractivity contribution in [3.05, 3.63) is 34.7 Å². The normalized spacial score (nSPS) is 23.7. The van der Waals surface area contributed by atoms with Gasteiger partial charge in [-0.25, -0.2) is 5.10 Å². The van der Waals surface area contributed by atoms with E-state index in [1.54, 1.807) is 12.1 Å². The molecule has 2 aliphatic carbocycles. The second-order valence-electron chi connectivity index (χ2n) is 6.79. The quantitative estimate of drug-likeness (QED) is 0.799. The maximum Gasteiger partial charge on any atom is 0.284 e. The summed E-state index contributed by atoms with van der Waals surface area (Å²) in [5.74, 6) is 0.379. The molecule has 2 atom stereocenters. The van der Waals surface area contributed by atoms with E-state index in [2.05, 4.69) is 15.5 Å². The predicted octanol–water partition coefficient (Wildman–Crippen LogP) is 3.48. The Kier molecular flexibility index (Phi) is 4.21. The van der Waals surface area contributed by atoms with Gasteiger partial charge in [0, 0.05) is 29.2 Å². The molecule has 2 saturated carbocycles. The number of aromatic nitrogens is 2. The van der Waals surface area contributed by atoms with E-state index >= 15 is 0 Å². The smallest absolute Gasteiger partial charge is 0.284 e. The van der Waals surface area contributed by atoms with Crippen molar-refractivity contribution >= 4 is 18.1 Å². The Morgan fingerprint density at radius 2 is 2.20 bits per heavy atom. The zero-order valence-electron chi connectivity index (χ0n) is 14.1. The van der Waals surface area contributed by atoms with Crippen molar-refractivity contribution in [2.75, 3.05) is 6.61 Å². The first-order valence-corrected chi connectivity index (χ1v) is 9.11. The number of carbonyl (C=O) groups is 1. The molecule has 2 N–H and O–H groups in total. The van der Waals surface area contributed by atoms with Gasteiger partial charge in [-0.1, -0.05) is 6.42 Å². The molecular weight excluding hydrogens is 338 g/mol. The molecule has 2 aromatic rings. The Hall–Kier alpha value is -1.99. The van der Waals surface area contributed by atoms with Crippen LogP contribution in [0.1, 0.15) is 43.0 Å². The molecule has 0 unspecified atom stereocenters. The highest BCUT2D eigenvalue weighted by Crippen LogP contribution is 2.57. The fourth-order valence-corrected chi connectivity index (χ4v) is 4.12.